The van der Waals surface area contributed by atoms with Crippen molar-refractivity contribution >= 4 is 23.4 Å². The molecule has 3 aromatic rings. The van der Waals surface area contributed by atoms with Crippen molar-refractivity contribution < 1.29 is 13.6 Å². The Morgan fingerprint density at radius 3 is 2.44 bits per heavy atom. The summed E-state index contributed by atoms with van der Waals surface area (Å²) in [5.74, 6) is 0.657. The largest absolute Gasteiger partial charge is 0.325 e. The standard InChI is InChI=1S/C19H18F2N4OS/c1-2-25-18(14-6-4-3-5-7-14)23-24-19(25)27-12-16(26)22-15-10-8-13(9-11-15)17(20)21/h3-11,17H,2,12H2,1H3,(H,22,26). The number of carbonyl (C=O) groups is 1. The molecule has 0 saturated carbocycles. The number of nitrogens with one attached hydrogen (secondary N) is 1. The van der Waals surface area contributed by atoms with Gasteiger partial charge in [0.15, 0.2) is 11.0 Å². The summed E-state index contributed by atoms with van der Waals surface area (Å²) in [5.41, 5.74) is 1.36. The van der Waals surface area contributed by atoms with Gasteiger partial charge < -0.3 is 9.88 Å². The van der Waals surface area contributed by atoms with Gasteiger partial charge in [-0.2, -0.15) is 0 Å². The van der Waals surface area contributed by atoms with Crippen LogP contribution < -0.4 is 5.32 Å². The fraction of sp³-hybridized carbons (Fsp3) is 0.211. The molecule has 0 radical (unpaired) electrons. The maximum Gasteiger partial charge on any atom is 0.263 e. The van der Waals surface area contributed by atoms with Gasteiger partial charge in [-0.25, -0.2) is 8.78 Å². The zero-order valence-corrected chi connectivity index (χ0v) is 15.4. The fourth-order valence-corrected chi connectivity index (χ4v) is 3.32. The molecular weight excluding hydrogens is 370 g/mol. The SMILES string of the molecule is CCn1c(SCC(=O)Nc2ccc(C(F)F)cc2)nnc1-c1ccccc1. The number of amides is 1. The highest BCUT2D eigenvalue weighted by atomic mass is 32.2. The van der Waals surface area contributed by atoms with E-state index in [0.29, 0.717) is 17.4 Å². The first-order valence-corrected chi connectivity index (χ1v) is 9.36. The van der Waals surface area contributed by atoms with Crippen molar-refractivity contribution in [2.75, 3.05) is 11.1 Å². The van der Waals surface area contributed by atoms with Crippen LogP contribution >= 0.6 is 11.8 Å². The van der Waals surface area contributed by atoms with Gasteiger partial charge in [0, 0.05) is 23.4 Å². The number of halogens is 2. The highest BCUT2D eigenvalue weighted by molar-refractivity contribution is 7.99. The predicted molar refractivity (Wildman–Crippen MR) is 102 cm³/mol. The fourth-order valence-electron chi connectivity index (χ4n) is 2.52. The summed E-state index contributed by atoms with van der Waals surface area (Å²) in [7, 11) is 0. The molecule has 0 spiro atoms. The molecule has 0 saturated heterocycles. The Bertz CT molecular complexity index is 898. The zero-order chi connectivity index (χ0) is 19.2. The minimum absolute atomic E-state index is 0.0770. The van der Waals surface area contributed by atoms with Crippen LogP contribution in [0.1, 0.15) is 18.9 Å². The number of anilines is 1. The van der Waals surface area contributed by atoms with Crippen molar-refractivity contribution in [3.05, 3.63) is 60.2 Å². The third-order valence-corrected chi connectivity index (χ3v) is 4.81. The Hall–Kier alpha value is -2.74. The third-order valence-electron chi connectivity index (χ3n) is 3.84. The number of alkyl halides is 2. The maximum absolute atomic E-state index is 12.6. The Morgan fingerprint density at radius 1 is 1.11 bits per heavy atom. The van der Waals surface area contributed by atoms with E-state index in [0.717, 1.165) is 11.4 Å². The summed E-state index contributed by atoms with van der Waals surface area (Å²) in [6, 6.07) is 15.2. The molecule has 1 N–H and O–H groups in total. The van der Waals surface area contributed by atoms with Crippen LogP contribution in [-0.2, 0) is 11.3 Å². The number of thioether (sulfide) groups is 1. The van der Waals surface area contributed by atoms with Gasteiger partial charge in [0.1, 0.15) is 0 Å². The molecule has 3 rings (SSSR count). The van der Waals surface area contributed by atoms with Crippen LogP contribution in [0.15, 0.2) is 59.8 Å². The lowest BCUT2D eigenvalue weighted by Gasteiger charge is -2.08. The second kappa shape index (κ2) is 8.77. The monoisotopic (exact) mass is 388 g/mol. The molecule has 0 unspecified atom stereocenters. The minimum atomic E-state index is -2.52. The topological polar surface area (TPSA) is 59.8 Å². The molecule has 0 atom stereocenters. The molecule has 1 heterocycles. The Balaban J connectivity index is 1.63. The molecule has 5 nitrogen and oxygen atoms in total. The molecule has 8 heteroatoms. The van der Waals surface area contributed by atoms with E-state index < -0.39 is 6.43 Å². The number of aromatic nitrogens is 3. The smallest absolute Gasteiger partial charge is 0.263 e. The van der Waals surface area contributed by atoms with Gasteiger partial charge >= 0.3 is 0 Å². The van der Waals surface area contributed by atoms with Crippen LogP contribution in [0.4, 0.5) is 14.5 Å². The predicted octanol–water partition coefficient (Wildman–Crippen LogP) is 4.63. The number of carbonyl (C=O) groups excluding carboxylic acids is 1. The van der Waals surface area contributed by atoms with Gasteiger partial charge in [-0.1, -0.05) is 54.2 Å². The van der Waals surface area contributed by atoms with Crippen molar-refractivity contribution in [2.45, 2.75) is 25.1 Å². The summed E-state index contributed by atoms with van der Waals surface area (Å²) in [6.45, 7) is 2.67. The van der Waals surface area contributed by atoms with Gasteiger partial charge in [0.05, 0.1) is 5.75 Å². The molecule has 140 valence electrons. The lowest BCUT2D eigenvalue weighted by atomic mass is 10.2. The molecule has 1 aromatic heterocycles. The minimum Gasteiger partial charge on any atom is -0.325 e. The molecular formula is C19H18F2N4OS. The number of hydrogen-bond acceptors (Lipinski definition) is 4. The molecule has 0 aliphatic heterocycles. The maximum atomic E-state index is 12.6. The van der Waals surface area contributed by atoms with Gasteiger partial charge in [-0.05, 0) is 19.1 Å². The molecule has 0 bridgehead atoms. The zero-order valence-electron chi connectivity index (χ0n) is 14.6. The van der Waals surface area contributed by atoms with Gasteiger partial charge in [0.25, 0.3) is 6.43 Å². The first-order chi connectivity index (χ1) is 13.1. The molecule has 1 amide bonds. The highest BCUT2D eigenvalue weighted by Crippen LogP contribution is 2.24. The molecule has 27 heavy (non-hydrogen) atoms. The Kier molecular flexibility index (Phi) is 6.18. The van der Waals surface area contributed by atoms with Gasteiger partial charge in [-0.3, -0.25) is 4.79 Å². The number of nitrogens with zero attached hydrogens (tertiary/aromatic N) is 3. The van der Waals surface area contributed by atoms with Gasteiger partial charge in [-0.15, -0.1) is 10.2 Å². The summed E-state index contributed by atoms with van der Waals surface area (Å²) >= 11 is 1.28. The Morgan fingerprint density at radius 2 is 1.81 bits per heavy atom. The first-order valence-electron chi connectivity index (χ1n) is 8.38. The number of benzene rings is 2. The van der Waals surface area contributed by atoms with Crippen molar-refractivity contribution in [3.8, 4) is 11.4 Å². The van der Waals surface area contributed by atoms with E-state index in [4.69, 9.17) is 0 Å². The second-order valence-electron chi connectivity index (χ2n) is 5.68. The molecule has 2 aromatic carbocycles. The number of hydrogen-bond donors (Lipinski definition) is 1. The van der Waals surface area contributed by atoms with Crippen molar-refractivity contribution in [1.29, 1.82) is 0 Å². The normalized spacial score (nSPS) is 11.0. The van der Waals surface area contributed by atoms with Crippen LogP contribution in [-0.4, -0.2) is 26.4 Å². The third kappa shape index (κ3) is 4.71. The van der Waals surface area contributed by atoms with Crippen LogP contribution in [0.5, 0.6) is 0 Å². The highest BCUT2D eigenvalue weighted by Gasteiger charge is 2.14. The van der Waals surface area contributed by atoms with E-state index in [1.807, 2.05) is 41.8 Å². The summed E-state index contributed by atoms with van der Waals surface area (Å²) < 4.78 is 27.1. The van der Waals surface area contributed by atoms with Crippen LogP contribution in [0.3, 0.4) is 0 Å². The van der Waals surface area contributed by atoms with E-state index in [1.54, 1.807) is 0 Å². The van der Waals surface area contributed by atoms with E-state index in [1.165, 1.54) is 36.0 Å². The van der Waals surface area contributed by atoms with Gasteiger partial charge in [0.2, 0.25) is 5.91 Å². The van der Waals surface area contributed by atoms with Crippen LogP contribution in [0.2, 0.25) is 0 Å². The quantitative estimate of drug-likeness (QED) is 0.600. The Labute approximate surface area is 159 Å². The van der Waals surface area contributed by atoms with Crippen LogP contribution in [0, 0.1) is 0 Å². The molecule has 0 aliphatic rings. The van der Waals surface area contributed by atoms with E-state index in [9.17, 15) is 13.6 Å². The summed E-state index contributed by atoms with van der Waals surface area (Å²) in [6.07, 6.45) is -2.52. The first kappa shape index (κ1) is 19.0. The lowest BCUT2D eigenvalue weighted by Crippen LogP contribution is -2.14. The number of rotatable bonds is 7. The average molecular weight is 388 g/mol. The van der Waals surface area contributed by atoms with Crippen LogP contribution in [0.25, 0.3) is 11.4 Å². The van der Waals surface area contributed by atoms with Crippen molar-refractivity contribution in [3.63, 3.8) is 0 Å². The van der Waals surface area contributed by atoms with Crippen molar-refractivity contribution in [2.24, 2.45) is 0 Å². The summed E-state index contributed by atoms with van der Waals surface area (Å²) in [5, 5.41) is 11.8. The molecule has 0 fully saturated rings. The van der Waals surface area contributed by atoms with E-state index in [-0.39, 0.29) is 17.2 Å². The average Bonchev–Trinajstić information content (AvgIpc) is 3.10. The lowest BCUT2D eigenvalue weighted by molar-refractivity contribution is -0.113. The summed E-state index contributed by atoms with van der Waals surface area (Å²) in [4.78, 5) is 12.1. The van der Waals surface area contributed by atoms with Crippen molar-refractivity contribution in [1.82, 2.24) is 14.8 Å². The van der Waals surface area contributed by atoms with E-state index >= 15 is 0 Å². The molecule has 0 aliphatic carbocycles. The second-order valence-corrected chi connectivity index (χ2v) is 6.62. The van der Waals surface area contributed by atoms with E-state index in [2.05, 4.69) is 15.5 Å².